The molecule has 2 atom stereocenters. The van der Waals surface area contributed by atoms with Crippen molar-refractivity contribution in [1.29, 1.82) is 0 Å². The third-order valence-electron chi connectivity index (χ3n) is 1.91. The van der Waals surface area contributed by atoms with E-state index in [2.05, 4.69) is 0 Å². The van der Waals surface area contributed by atoms with Crippen LogP contribution >= 0.6 is 0 Å². The van der Waals surface area contributed by atoms with E-state index in [0.717, 1.165) is 0 Å². The Bertz CT molecular complexity index is 160. The fourth-order valence-corrected chi connectivity index (χ4v) is 1.33. The first-order chi connectivity index (χ1) is 5.15. The second kappa shape index (κ2) is 3.19. The van der Waals surface area contributed by atoms with Crippen LogP contribution in [0.5, 0.6) is 0 Å². The third-order valence-corrected chi connectivity index (χ3v) is 1.91. The Morgan fingerprint density at radius 2 is 2.36 bits per heavy atom. The summed E-state index contributed by atoms with van der Waals surface area (Å²) in [7, 11) is 1.54. The normalized spacial score (nSPS) is 31.0. The number of likely N-dealkylation sites (tertiary alicyclic amines) is 1. The molecule has 1 aliphatic heterocycles. The molecule has 1 aliphatic rings. The number of hydrogen-bond donors (Lipinski definition) is 1. The van der Waals surface area contributed by atoms with Crippen molar-refractivity contribution in [2.75, 3.05) is 13.7 Å². The van der Waals surface area contributed by atoms with Crippen molar-refractivity contribution in [2.45, 2.75) is 25.7 Å². The first-order valence-electron chi connectivity index (χ1n) is 3.63. The number of β-amino-alcohol motifs (C(OH)–C–C–N with tert-alkyl or cyclic N) is 1. The molecule has 0 aromatic carbocycles. The van der Waals surface area contributed by atoms with E-state index in [0.29, 0.717) is 13.0 Å². The van der Waals surface area contributed by atoms with Crippen LogP contribution in [0.15, 0.2) is 0 Å². The zero-order chi connectivity index (χ0) is 8.43. The zero-order valence-corrected chi connectivity index (χ0v) is 6.78. The molecule has 0 aromatic rings. The molecule has 1 amide bonds. The van der Waals surface area contributed by atoms with Gasteiger partial charge in [0, 0.05) is 27.0 Å². The maximum atomic E-state index is 10.9. The molecular weight excluding hydrogens is 146 g/mol. The molecule has 0 aromatic heterocycles. The molecule has 4 heteroatoms. The number of hydrogen-bond acceptors (Lipinski definition) is 3. The van der Waals surface area contributed by atoms with Crippen LogP contribution in [0.2, 0.25) is 0 Å². The van der Waals surface area contributed by atoms with Gasteiger partial charge < -0.3 is 14.7 Å². The molecule has 0 radical (unpaired) electrons. The lowest BCUT2D eigenvalue weighted by atomic mass is 10.3. The van der Waals surface area contributed by atoms with Crippen LogP contribution in [0.1, 0.15) is 13.3 Å². The zero-order valence-electron chi connectivity index (χ0n) is 6.78. The average Bonchev–Trinajstić information content (AvgIpc) is 2.30. The van der Waals surface area contributed by atoms with E-state index >= 15 is 0 Å². The van der Waals surface area contributed by atoms with Crippen molar-refractivity contribution >= 4 is 5.91 Å². The van der Waals surface area contributed by atoms with Crippen LogP contribution in [0, 0.1) is 0 Å². The fraction of sp³-hybridized carbons (Fsp3) is 0.857. The Kier molecular flexibility index (Phi) is 2.46. The molecular formula is C7H13NO3. The van der Waals surface area contributed by atoms with Gasteiger partial charge in [-0.2, -0.15) is 0 Å². The minimum absolute atomic E-state index is 0.0478. The highest BCUT2D eigenvalue weighted by molar-refractivity contribution is 5.73. The Morgan fingerprint density at radius 3 is 2.73 bits per heavy atom. The highest BCUT2D eigenvalue weighted by Gasteiger charge is 2.32. The van der Waals surface area contributed by atoms with E-state index in [-0.39, 0.29) is 12.1 Å². The average molecular weight is 159 g/mol. The number of amides is 1. The van der Waals surface area contributed by atoms with Crippen LogP contribution < -0.4 is 0 Å². The predicted octanol–water partition coefficient (Wildman–Crippen LogP) is -0.428. The molecule has 1 fully saturated rings. The number of aliphatic hydroxyl groups is 1. The van der Waals surface area contributed by atoms with Crippen LogP contribution in [0.4, 0.5) is 0 Å². The van der Waals surface area contributed by atoms with Gasteiger partial charge in [-0.15, -0.1) is 0 Å². The van der Waals surface area contributed by atoms with Crippen LogP contribution in [0.3, 0.4) is 0 Å². The summed E-state index contributed by atoms with van der Waals surface area (Å²) in [6.45, 7) is 1.87. The summed E-state index contributed by atoms with van der Waals surface area (Å²) in [5, 5.41) is 9.18. The van der Waals surface area contributed by atoms with E-state index in [1.807, 2.05) is 0 Å². The Balaban J connectivity index is 2.57. The quantitative estimate of drug-likeness (QED) is 0.565. The van der Waals surface area contributed by atoms with Crippen molar-refractivity contribution in [3.63, 3.8) is 0 Å². The largest absolute Gasteiger partial charge is 0.391 e. The minimum atomic E-state index is -0.427. The molecule has 11 heavy (non-hydrogen) atoms. The first kappa shape index (κ1) is 8.49. The van der Waals surface area contributed by atoms with E-state index in [4.69, 9.17) is 4.74 Å². The predicted molar refractivity (Wildman–Crippen MR) is 38.8 cm³/mol. The summed E-state index contributed by atoms with van der Waals surface area (Å²) in [6.07, 6.45) is -0.137. The molecule has 0 spiro atoms. The summed E-state index contributed by atoms with van der Waals surface area (Å²) in [6, 6.07) is 0. The first-order valence-corrected chi connectivity index (χ1v) is 3.63. The standard InChI is InChI=1S/C7H13NO3/c1-5(9)8-4-6(10)3-7(8)11-2/h6-7,10H,3-4H2,1-2H3/t6-,7-/m1/s1. The van der Waals surface area contributed by atoms with Crippen molar-refractivity contribution in [1.82, 2.24) is 4.90 Å². The summed E-state index contributed by atoms with van der Waals surface area (Å²) >= 11 is 0. The molecule has 0 bridgehead atoms. The molecule has 1 saturated heterocycles. The van der Waals surface area contributed by atoms with Crippen LogP contribution in [0.25, 0.3) is 0 Å². The van der Waals surface area contributed by atoms with Gasteiger partial charge in [0.2, 0.25) is 5.91 Å². The molecule has 1 rings (SSSR count). The second-order valence-corrected chi connectivity index (χ2v) is 2.75. The highest BCUT2D eigenvalue weighted by atomic mass is 16.5. The van der Waals surface area contributed by atoms with Crippen molar-refractivity contribution < 1.29 is 14.6 Å². The van der Waals surface area contributed by atoms with E-state index < -0.39 is 6.10 Å². The van der Waals surface area contributed by atoms with Crippen LogP contribution in [-0.2, 0) is 9.53 Å². The van der Waals surface area contributed by atoms with E-state index in [9.17, 15) is 9.90 Å². The summed E-state index contributed by atoms with van der Waals surface area (Å²) in [4.78, 5) is 12.4. The number of ether oxygens (including phenoxy) is 1. The molecule has 4 nitrogen and oxygen atoms in total. The van der Waals surface area contributed by atoms with Gasteiger partial charge >= 0.3 is 0 Å². The number of rotatable bonds is 1. The topological polar surface area (TPSA) is 49.8 Å². The molecule has 1 N–H and O–H groups in total. The number of methoxy groups -OCH3 is 1. The van der Waals surface area contributed by atoms with Gasteiger partial charge in [0.05, 0.1) is 6.10 Å². The van der Waals surface area contributed by atoms with Crippen LogP contribution in [-0.4, -0.2) is 41.9 Å². The molecule has 0 unspecified atom stereocenters. The van der Waals surface area contributed by atoms with Gasteiger partial charge in [-0.1, -0.05) is 0 Å². The summed E-state index contributed by atoms with van der Waals surface area (Å²) < 4.78 is 5.00. The van der Waals surface area contributed by atoms with Gasteiger partial charge in [0.1, 0.15) is 6.23 Å². The highest BCUT2D eigenvalue weighted by Crippen LogP contribution is 2.17. The number of nitrogens with zero attached hydrogens (tertiary/aromatic N) is 1. The molecule has 64 valence electrons. The Hall–Kier alpha value is -0.610. The van der Waals surface area contributed by atoms with Crippen molar-refractivity contribution in [3.8, 4) is 0 Å². The number of carbonyl (C=O) groups excluding carboxylic acids is 1. The van der Waals surface area contributed by atoms with Gasteiger partial charge in [-0.25, -0.2) is 0 Å². The maximum Gasteiger partial charge on any atom is 0.221 e. The second-order valence-electron chi connectivity index (χ2n) is 2.75. The molecule has 1 heterocycles. The number of aliphatic hydroxyl groups excluding tert-OH is 1. The van der Waals surface area contributed by atoms with E-state index in [1.165, 1.54) is 11.8 Å². The summed E-state index contributed by atoms with van der Waals surface area (Å²) in [5.41, 5.74) is 0. The number of carbonyl (C=O) groups is 1. The smallest absolute Gasteiger partial charge is 0.221 e. The lowest BCUT2D eigenvalue weighted by molar-refractivity contribution is -0.137. The maximum absolute atomic E-state index is 10.9. The lowest BCUT2D eigenvalue weighted by Crippen LogP contribution is -2.35. The van der Waals surface area contributed by atoms with Gasteiger partial charge in [-0.3, -0.25) is 4.79 Å². The van der Waals surface area contributed by atoms with Gasteiger partial charge in [0.25, 0.3) is 0 Å². The van der Waals surface area contributed by atoms with Crippen molar-refractivity contribution in [2.24, 2.45) is 0 Å². The molecule has 0 saturated carbocycles. The van der Waals surface area contributed by atoms with E-state index in [1.54, 1.807) is 7.11 Å². The Labute approximate surface area is 65.8 Å². The Morgan fingerprint density at radius 1 is 1.73 bits per heavy atom. The van der Waals surface area contributed by atoms with Gasteiger partial charge in [-0.05, 0) is 0 Å². The minimum Gasteiger partial charge on any atom is -0.391 e. The third kappa shape index (κ3) is 1.70. The molecule has 0 aliphatic carbocycles. The van der Waals surface area contributed by atoms with Crippen molar-refractivity contribution in [3.05, 3.63) is 0 Å². The lowest BCUT2D eigenvalue weighted by Gasteiger charge is -2.20. The van der Waals surface area contributed by atoms with Gasteiger partial charge in [0.15, 0.2) is 0 Å². The summed E-state index contributed by atoms with van der Waals surface area (Å²) in [5.74, 6) is -0.0478. The monoisotopic (exact) mass is 159 g/mol. The fourth-order valence-electron chi connectivity index (χ4n) is 1.33. The SMILES string of the molecule is CO[C@@H]1C[C@@H](O)CN1C(C)=O.